The van der Waals surface area contributed by atoms with Crippen molar-refractivity contribution >= 4 is 26.9 Å². The van der Waals surface area contributed by atoms with E-state index in [2.05, 4.69) is 11.4 Å². The Morgan fingerprint density at radius 2 is 2.00 bits per heavy atom. The zero-order valence-electron chi connectivity index (χ0n) is 10.3. The third kappa shape index (κ3) is 3.56. The SMILES string of the molecule is CS(=O)(=O)c1ccc(NCc2cc(C#N)cs2)cc1. The van der Waals surface area contributed by atoms with Crippen molar-refractivity contribution in [3.63, 3.8) is 0 Å². The second-order valence-corrected chi connectivity index (χ2v) is 7.08. The molecule has 1 N–H and O–H groups in total. The Hall–Kier alpha value is -1.84. The van der Waals surface area contributed by atoms with Gasteiger partial charge >= 0.3 is 0 Å². The molecule has 4 nitrogen and oxygen atoms in total. The van der Waals surface area contributed by atoms with Gasteiger partial charge in [0.05, 0.1) is 10.5 Å². The number of nitrogens with one attached hydrogen (secondary N) is 1. The molecule has 2 rings (SSSR count). The van der Waals surface area contributed by atoms with Crippen LogP contribution in [0.1, 0.15) is 10.4 Å². The predicted octanol–water partition coefficient (Wildman–Crippen LogP) is 2.64. The Kier molecular flexibility index (Phi) is 3.88. The second-order valence-electron chi connectivity index (χ2n) is 4.06. The van der Waals surface area contributed by atoms with Gasteiger partial charge in [-0.25, -0.2) is 8.42 Å². The first-order chi connectivity index (χ1) is 8.99. The van der Waals surface area contributed by atoms with Crippen molar-refractivity contribution in [2.75, 3.05) is 11.6 Å². The molecule has 2 aromatic rings. The van der Waals surface area contributed by atoms with Gasteiger partial charge in [-0.2, -0.15) is 5.26 Å². The topological polar surface area (TPSA) is 70.0 Å². The van der Waals surface area contributed by atoms with Crippen molar-refractivity contribution < 1.29 is 8.42 Å². The number of hydrogen-bond acceptors (Lipinski definition) is 5. The maximum atomic E-state index is 11.3. The van der Waals surface area contributed by atoms with E-state index in [1.54, 1.807) is 24.3 Å². The molecule has 0 aliphatic rings. The van der Waals surface area contributed by atoms with E-state index >= 15 is 0 Å². The maximum Gasteiger partial charge on any atom is 0.175 e. The number of benzene rings is 1. The standard InChI is InChI=1S/C13H12N2O2S2/c1-19(16,17)13-4-2-11(3-5-13)15-8-12-6-10(7-14)9-18-12/h2-6,9,15H,8H2,1H3. The van der Waals surface area contributed by atoms with E-state index in [4.69, 9.17) is 5.26 Å². The van der Waals surface area contributed by atoms with Gasteiger partial charge in [0, 0.05) is 28.7 Å². The summed E-state index contributed by atoms with van der Waals surface area (Å²) >= 11 is 1.52. The molecule has 1 heterocycles. The summed E-state index contributed by atoms with van der Waals surface area (Å²) in [7, 11) is -3.15. The van der Waals surface area contributed by atoms with Crippen LogP contribution in [-0.4, -0.2) is 14.7 Å². The third-order valence-corrected chi connectivity index (χ3v) is 4.60. The van der Waals surface area contributed by atoms with Gasteiger partial charge in [-0.05, 0) is 30.3 Å². The summed E-state index contributed by atoms with van der Waals surface area (Å²) in [6.45, 7) is 0.616. The summed E-state index contributed by atoms with van der Waals surface area (Å²) in [5.41, 5.74) is 1.51. The fourth-order valence-electron chi connectivity index (χ4n) is 1.54. The Morgan fingerprint density at radius 3 is 2.53 bits per heavy atom. The van der Waals surface area contributed by atoms with Crippen LogP contribution in [0.15, 0.2) is 40.6 Å². The molecule has 1 aromatic heterocycles. The lowest BCUT2D eigenvalue weighted by molar-refractivity contribution is 0.602. The van der Waals surface area contributed by atoms with E-state index in [0.29, 0.717) is 17.0 Å². The van der Waals surface area contributed by atoms with Crippen LogP contribution in [0.5, 0.6) is 0 Å². The highest BCUT2D eigenvalue weighted by Crippen LogP contribution is 2.18. The summed E-state index contributed by atoms with van der Waals surface area (Å²) < 4.78 is 22.6. The van der Waals surface area contributed by atoms with Gasteiger partial charge in [-0.1, -0.05) is 0 Å². The third-order valence-electron chi connectivity index (χ3n) is 2.53. The summed E-state index contributed by atoms with van der Waals surface area (Å²) in [4.78, 5) is 1.37. The van der Waals surface area contributed by atoms with Crippen molar-refractivity contribution in [1.82, 2.24) is 0 Å². The minimum absolute atomic E-state index is 0.306. The molecule has 0 spiro atoms. The van der Waals surface area contributed by atoms with Crippen LogP contribution >= 0.6 is 11.3 Å². The molecular formula is C13H12N2O2S2. The molecule has 0 unspecified atom stereocenters. The second kappa shape index (κ2) is 5.43. The van der Waals surface area contributed by atoms with Crippen LogP contribution in [0.2, 0.25) is 0 Å². The highest BCUT2D eigenvalue weighted by molar-refractivity contribution is 7.90. The lowest BCUT2D eigenvalue weighted by Gasteiger charge is -2.05. The average Bonchev–Trinajstić information content (AvgIpc) is 2.84. The Labute approximate surface area is 116 Å². The lowest BCUT2D eigenvalue weighted by Crippen LogP contribution is -1.99. The molecule has 0 fully saturated rings. The van der Waals surface area contributed by atoms with Crippen molar-refractivity contribution in [1.29, 1.82) is 5.26 Å². The van der Waals surface area contributed by atoms with Crippen LogP contribution in [0.3, 0.4) is 0 Å². The first kappa shape index (κ1) is 13.6. The van der Waals surface area contributed by atoms with Crippen LogP contribution in [0.4, 0.5) is 5.69 Å². The molecular weight excluding hydrogens is 280 g/mol. The van der Waals surface area contributed by atoms with E-state index in [9.17, 15) is 8.42 Å². The molecule has 0 radical (unpaired) electrons. The molecule has 19 heavy (non-hydrogen) atoms. The molecule has 0 saturated heterocycles. The van der Waals surface area contributed by atoms with Crippen LogP contribution < -0.4 is 5.32 Å². The number of nitrogens with zero attached hydrogens (tertiary/aromatic N) is 1. The zero-order chi connectivity index (χ0) is 13.9. The number of hydrogen-bond donors (Lipinski definition) is 1. The van der Waals surface area contributed by atoms with Gasteiger partial charge in [-0.3, -0.25) is 0 Å². The average molecular weight is 292 g/mol. The molecule has 1 aromatic carbocycles. The number of rotatable bonds is 4. The van der Waals surface area contributed by atoms with E-state index in [-0.39, 0.29) is 0 Å². The fourth-order valence-corrected chi connectivity index (χ4v) is 2.92. The molecule has 0 amide bonds. The largest absolute Gasteiger partial charge is 0.380 e. The Bertz CT molecular complexity index is 710. The minimum atomic E-state index is -3.15. The summed E-state index contributed by atoms with van der Waals surface area (Å²) in [5.74, 6) is 0. The van der Waals surface area contributed by atoms with Crippen molar-refractivity contribution in [3.8, 4) is 6.07 Å². The summed E-state index contributed by atoms with van der Waals surface area (Å²) in [6.07, 6.45) is 1.19. The Balaban J connectivity index is 2.03. The highest BCUT2D eigenvalue weighted by Gasteiger charge is 2.06. The van der Waals surface area contributed by atoms with Crippen molar-refractivity contribution in [3.05, 3.63) is 46.2 Å². The summed E-state index contributed by atoms with van der Waals surface area (Å²) in [5, 5.41) is 13.7. The maximum absolute atomic E-state index is 11.3. The fraction of sp³-hybridized carbons (Fsp3) is 0.154. The molecule has 0 atom stereocenters. The summed E-state index contributed by atoms with van der Waals surface area (Å²) in [6, 6.07) is 10.5. The van der Waals surface area contributed by atoms with Gasteiger partial charge in [0.15, 0.2) is 9.84 Å². The predicted molar refractivity (Wildman–Crippen MR) is 75.9 cm³/mol. The lowest BCUT2D eigenvalue weighted by atomic mass is 10.3. The molecule has 98 valence electrons. The first-order valence-electron chi connectivity index (χ1n) is 5.50. The number of sulfone groups is 1. The minimum Gasteiger partial charge on any atom is -0.380 e. The van der Waals surface area contributed by atoms with E-state index in [1.165, 1.54) is 17.6 Å². The molecule has 0 saturated carbocycles. The number of thiophene rings is 1. The highest BCUT2D eigenvalue weighted by atomic mass is 32.2. The van der Waals surface area contributed by atoms with Gasteiger partial charge in [0.1, 0.15) is 6.07 Å². The van der Waals surface area contributed by atoms with Crippen LogP contribution in [-0.2, 0) is 16.4 Å². The Morgan fingerprint density at radius 1 is 1.32 bits per heavy atom. The zero-order valence-corrected chi connectivity index (χ0v) is 11.9. The van der Waals surface area contributed by atoms with Crippen molar-refractivity contribution in [2.24, 2.45) is 0 Å². The van der Waals surface area contributed by atoms with E-state index in [1.807, 2.05) is 11.4 Å². The van der Waals surface area contributed by atoms with Gasteiger partial charge in [0.2, 0.25) is 0 Å². The normalized spacial score (nSPS) is 10.9. The monoisotopic (exact) mass is 292 g/mol. The molecule has 0 bridgehead atoms. The molecule has 6 heteroatoms. The van der Waals surface area contributed by atoms with Gasteiger partial charge < -0.3 is 5.32 Å². The van der Waals surface area contributed by atoms with Crippen LogP contribution in [0, 0.1) is 11.3 Å². The van der Waals surface area contributed by atoms with E-state index in [0.717, 1.165) is 10.6 Å². The molecule has 0 aliphatic heterocycles. The smallest absolute Gasteiger partial charge is 0.175 e. The van der Waals surface area contributed by atoms with Gasteiger partial charge in [-0.15, -0.1) is 11.3 Å². The molecule has 0 aliphatic carbocycles. The van der Waals surface area contributed by atoms with Gasteiger partial charge in [0.25, 0.3) is 0 Å². The quantitative estimate of drug-likeness (QED) is 0.940. The first-order valence-corrected chi connectivity index (χ1v) is 8.27. The van der Waals surface area contributed by atoms with Crippen LogP contribution in [0.25, 0.3) is 0 Å². The number of nitriles is 1. The van der Waals surface area contributed by atoms with E-state index < -0.39 is 9.84 Å². The van der Waals surface area contributed by atoms with Crippen molar-refractivity contribution in [2.45, 2.75) is 11.4 Å². The number of anilines is 1.